The third-order valence-corrected chi connectivity index (χ3v) is 4.73. The highest BCUT2D eigenvalue weighted by Gasteiger charge is 2.26. The zero-order valence-electron chi connectivity index (χ0n) is 11.7. The molecule has 1 fully saturated rings. The molecule has 6 nitrogen and oxygen atoms in total. The van der Waals surface area contributed by atoms with Gasteiger partial charge in [-0.25, -0.2) is 12.7 Å². The van der Waals surface area contributed by atoms with E-state index in [1.54, 1.807) is 24.3 Å². The number of carbonyl (C=O) groups excluding carboxylic acids is 1. The van der Waals surface area contributed by atoms with Crippen molar-refractivity contribution in [3.05, 3.63) is 35.4 Å². The Kier molecular flexibility index (Phi) is 4.60. The molecule has 1 aliphatic rings. The molecular weight excluding hydrogens is 290 g/mol. The van der Waals surface area contributed by atoms with Gasteiger partial charge in [-0.15, -0.1) is 0 Å². The van der Waals surface area contributed by atoms with Crippen LogP contribution in [0.2, 0.25) is 0 Å². The summed E-state index contributed by atoms with van der Waals surface area (Å²) in [4.78, 5) is 12.1. The van der Waals surface area contributed by atoms with Crippen LogP contribution in [0.15, 0.2) is 24.3 Å². The largest absolute Gasteiger partial charge is 0.348 e. The topological polar surface area (TPSA) is 90.3 Å². The van der Waals surface area contributed by atoms with Crippen molar-refractivity contribution in [1.29, 1.82) is 5.26 Å². The van der Waals surface area contributed by atoms with Gasteiger partial charge in [-0.2, -0.15) is 5.26 Å². The highest BCUT2D eigenvalue weighted by atomic mass is 32.2. The fourth-order valence-electron chi connectivity index (χ4n) is 2.33. The van der Waals surface area contributed by atoms with Gasteiger partial charge in [0, 0.05) is 24.7 Å². The Labute approximate surface area is 124 Å². The van der Waals surface area contributed by atoms with Crippen molar-refractivity contribution in [2.45, 2.75) is 18.9 Å². The van der Waals surface area contributed by atoms with Gasteiger partial charge >= 0.3 is 0 Å². The number of nitriles is 1. The molecule has 2 rings (SSSR count). The standard InChI is InChI=1S/C14H17N3O3S/c1-21(19,20)17-8-2-3-13(10-17)16-14(18)12-6-4-11(9-15)5-7-12/h4-7,13H,2-3,8,10H2,1H3,(H,16,18). The highest BCUT2D eigenvalue weighted by molar-refractivity contribution is 7.88. The van der Waals surface area contributed by atoms with E-state index in [0.29, 0.717) is 24.2 Å². The van der Waals surface area contributed by atoms with Crippen molar-refractivity contribution in [2.24, 2.45) is 0 Å². The molecule has 0 radical (unpaired) electrons. The molecule has 1 aliphatic heterocycles. The lowest BCUT2D eigenvalue weighted by Crippen LogP contribution is -2.49. The molecule has 0 saturated carbocycles. The van der Waals surface area contributed by atoms with Gasteiger partial charge in [0.05, 0.1) is 17.9 Å². The van der Waals surface area contributed by atoms with E-state index in [2.05, 4.69) is 5.32 Å². The first kappa shape index (κ1) is 15.5. The fourth-order valence-corrected chi connectivity index (χ4v) is 3.24. The van der Waals surface area contributed by atoms with E-state index in [4.69, 9.17) is 5.26 Å². The molecule has 1 heterocycles. The van der Waals surface area contributed by atoms with E-state index in [9.17, 15) is 13.2 Å². The van der Waals surface area contributed by atoms with Crippen LogP contribution >= 0.6 is 0 Å². The second-order valence-corrected chi connectivity index (χ2v) is 7.11. The van der Waals surface area contributed by atoms with Crippen molar-refractivity contribution in [2.75, 3.05) is 19.3 Å². The van der Waals surface area contributed by atoms with Crippen LogP contribution < -0.4 is 5.32 Å². The van der Waals surface area contributed by atoms with Gasteiger partial charge in [0.1, 0.15) is 0 Å². The van der Waals surface area contributed by atoms with Crippen LogP contribution in [0, 0.1) is 11.3 Å². The fraction of sp³-hybridized carbons (Fsp3) is 0.429. The minimum absolute atomic E-state index is 0.184. The molecule has 21 heavy (non-hydrogen) atoms. The smallest absolute Gasteiger partial charge is 0.251 e. The SMILES string of the molecule is CS(=O)(=O)N1CCCC(NC(=O)c2ccc(C#N)cc2)C1. The number of hydrogen-bond acceptors (Lipinski definition) is 4. The summed E-state index contributed by atoms with van der Waals surface area (Å²) in [5.41, 5.74) is 0.956. The summed E-state index contributed by atoms with van der Waals surface area (Å²) in [5.74, 6) is -0.250. The zero-order valence-corrected chi connectivity index (χ0v) is 12.6. The Morgan fingerprint density at radius 3 is 2.62 bits per heavy atom. The number of benzene rings is 1. The van der Waals surface area contributed by atoms with Crippen molar-refractivity contribution < 1.29 is 13.2 Å². The van der Waals surface area contributed by atoms with E-state index < -0.39 is 10.0 Å². The molecule has 0 spiro atoms. The average Bonchev–Trinajstić information content (AvgIpc) is 2.47. The molecule has 1 atom stereocenters. The Morgan fingerprint density at radius 2 is 2.05 bits per heavy atom. The molecule has 1 amide bonds. The summed E-state index contributed by atoms with van der Waals surface area (Å²) >= 11 is 0. The van der Waals surface area contributed by atoms with Gasteiger partial charge in [0.25, 0.3) is 5.91 Å². The van der Waals surface area contributed by atoms with Crippen molar-refractivity contribution in [1.82, 2.24) is 9.62 Å². The minimum atomic E-state index is -3.22. The van der Waals surface area contributed by atoms with Gasteiger partial charge in [-0.1, -0.05) is 0 Å². The van der Waals surface area contributed by atoms with Crippen molar-refractivity contribution in [3.63, 3.8) is 0 Å². The zero-order chi connectivity index (χ0) is 15.5. The maximum atomic E-state index is 12.1. The third kappa shape index (κ3) is 4.03. The highest BCUT2D eigenvalue weighted by Crippen LogP contribution is 2.14. The van der Waals surface area contributed by atoms with Gasteiger partial charge in [0.2, 0.25) is 10.0 Å². The molecule has 7 heteroatoms. The predicted octanol–water partition coefficient (Wildman–Crippen LogP) is 0.712. The monoisotopic (exact) mass is 307 g/mol. The first-order valence-corrected chi connectivity index (χ1v) is 8.51. The molecule has 1 N–H and O–H groups in total. The van der Waals surface area contributed by atoms with E-state index in [1.165, 1.54) is 10.6 Å². The third-order valence-electron chi connectivity index (χ3n) is 3.46. The number of sulfonamides is 1. The predicted molar refractivity (Wildman–Crippen MR) is 78.1 cm³/mol. The number of carbonyl (C=O) groups is 1. The summed E-state index contributed by atoms with van der Waals surface area (Å²) in [6.45, 7) is 0.808. The molecule has 0 aliphatic carbocycles. The maximum Gasteiger partial charge on any atom is 0.251 e. The molecule has 1 saturated heterocycles. The lowest BCUT2D eigenvalue weighted by atomic mass is 10.1. The second kappa shape index (κ2) is 6.24. The summed E-state index contributed by atoms with van der Waals surface area (Å²) in [6.07, 6.45) is 2.66. The minimum Gasteiger partial charge on any atom is -0.348 e. The lowest BCUT2D eigenvalue weighted by molar-refractivity contribution is 0.0921. The number of piperidine rings is 1. The van der Waals surface area contributed by atoms with Gasteiger partial charge < -0.3 is 5.32 Å². The number of hydrogen-bond donors (Lipinski definition) is 1. The van der Waals surface area contributed by atoms with E-state index in [-0.39, 0.29) is 11.9 Å². The van der Waals surface area contributed by atoms with Crippen LogP contribution in [0.1, 0.15) is 28.8 Å². The summed E-state index contributed by atoms with van der Waals surface area (Å²) < 4.78 is 24.5. The number of nitrogens with one attached hydrogen (secondary N) is 1. The molecule has 1 aromatic rings. The molecular formula is C14H17N3O3S. The normalized spacial score (nSPS) is 19.7. The Hall–Kier alpha value is -1.91. The summed E-state index contributed by atoms with van der Waals surface area (Å²) in [6, 6.07) is 8.15. The van der Waals surface area contributed by atoms with Gasteiger partial charge in [-0.05, 0) is 37.1 Å². The lowest BCUT2D eigenvalue weighted by Gasteiger charge is -2.31. The van der Waals surface area contributed by atoms with Crippen LogP contribution in [0.3, 0.4) is 0 Å². The van der Waals surface area contributed by atoms with Crippen LogP contribution in [-0.4, -0.2) is 44.0 Å². The van der Waals surface area contributed by atoms with Crippen LogP contribution in [-0.2, 0) is 10.0 Å². The first-order chi connectivity index (χ1) is 9.90. The summed E-state index contributed by atoms with van der Waals surface area (Å²) in [5, 5.41) is 11.6. The van der Waals surface area contributed by atoms with Crippen molar-refractivity contribution >= 4 is 15.9 Å². The molecule has 112 valence electrons. The van der Waals surface area contributed by atoms with Crippen LogP contribution in [0.5, 0.6) is 0 Å². The van der Waals surface area contributed by atoms with Gasteiger partial charge in [-0.3, -0.25) is 4.79 Å². The van der Waals surface area contributed by atoms with E-state index in [0.717, 1.165) is 12.8 Å². The average molecular weight is 307 g/mol. The molecule has 1 aromatic carbocycles. The number of nitrogens with zero attached hydrogens (tertiary/aromatic N) is 2. The van der Waals surface area contributed by atoms with Crippen LogP contribution in [0.4, 0.5) is 0 Å². The quantitative estimate of drug-likeness (QED) is 0.890. The molecule has 0 bridgehead atoms. The van der Waals surface area contributed by atoms with Crippen LogP contribution in [0.25, 0.3) is 0 Å². The summed E-state index contributed by atoms with van der Waals surface area (Å²) in [7, 11) is -3.22. The Morgan fingerprint density at radius 1 is 1.38 bits per heavy atom. The molecule has 1 unspecified atom stereocenters. The van der Waals surface area contributed by atoms with Crippen molar-refractivity contribution in [3.8, 4) is 6.07 Å². The molecule has 0 aromatic heterocycles. The van der Waals surface area contributed by atoms with Gasteiger partial charge in [0.15, 0.2) is 0 Å². The number of rotatable bonds is 3. The Balaban J connectivity index is 2.00. The first-order valence-electron chi connectivity index (χ1n) is 6.66. The second-order valence-electron chi connectivity index (χ2n) is 5.12. The Bertz CT molecular complexity index is 662. The maximum absolute atomic E-state index is 12.1. The number of amides is 1. The van der Waals surface area contributed by atoms with E-state index >= 15 is 0 Å². The van der Waals surface area contributed by atoms with E-state index in [1.807, 2.05) is 6.07 Å².